The molecule has 0 fully saturated rings. The van der Waals surface area contributed by atoms with Gasteiger partial charge in [0.2, 0.25) is 0 Å². The molecule has 20 heavy (non-hydrogen) atoms. The first-order valence-corrected chi connectivity index (χ1v) is 7.17. The SMILES string of the molecule is CCn1nc(C)c(C(C)Nc2c(C)nn(C)c2C)c1C. The maximum Gasteiger partial charge on any atom is 0.0828 e. The van der Waals surface area contributed by atoms with E-state index in [0.29, 0.717) is 0 Å². The van der Waals surface area contributed by atoms with E-state index in [-0.39, 0.29) is 6.04 Å². The van der Waals surface area contributed by atoms with Gasteiger partial charge in [-0.25, -0.2) is 0 Å². The van der Waals surface area contributed by atoms with E-state index in [4.69, 9.17) is 0 Å². The second-order valence-corrected chi connectivity index (χ2v) is 5.44. The monoisotopic (exact) mass is 275 g/mol. The van der Waals surface area contributed by atoms with Crippen molar-refractivity contribution >= 4 is 5.69 Å². The Hall–Kier alpha value is -1.78. The van der Waals surface area contributed by atoms with Gasteiger partial charge in [-0.05, 0) is 41.5 Å². The molecular formula is C15H25N5. The lowest BCUT2D eigenvalue weighted by Gasteiger charge is -2.16. The van der Waals surface area contributed by atoms with Gasteiger partial charge in [0.05, 0.1) is 28.8 Å². The number of hydrogen-bond acceptors (Lipinski definition) is 3. The summed E-state index contributed by atoms with van der Waals surface area (Å²) in [7, 11) is 1.98. The number of hydrogen-bond donors (Lipinski definition) is 1. The molecule has 0 aliphatic carbocycles. The maximum atomic E-state index is 4.60. The molecule has 2 heterocycles. The van der Waals surface area contributed by atoms with Crippen LogP contribution in [-0.2, 0) is 13.6 Å². The zero-order valence-corrected chi connectivity index (χ0v) is 13.6. The summed E-state index contributed by atoms with van der Waals surface area (Å²) in [6.07, 6.45) is 0. The van der Waals surface area contributed by atoms with Crippen molar-refractivity contribution in [3.63, 3.8) is 0 Å². The van der Waals surface area contributed by atoms with E-state index in [0.717, 1.165) is 29.3 Å². The van der Waals surface area contributed by atoms with Crippen LogP contribution in [-0.4, -0.2) is 19.6 Å². The Balaban J connectivity index is 2.33. The molecule has 5 nitrogen and oxygen atoms in total. The highest BCUT2D eigenvalue weighted by molar-refractivity contribution is 5.54. The average molecular weight is 275 g/mol. The minimum Gasteiger partial charge on any atom is -0.375 e. The quantitative estimate of drug-likeness (QED) is 0.933. The minimum atomic E-state index is 0.219. The van der Waals surface area contributed by atoms with Crippen molar-refractivity contribution in [2.24, 2.45) is 7.05 Å². The molecule has 110 valence electrons. The van der Waals surface area contributed by atoms with Crippen LogP contribution in [0.2, 0.25) is 0 Å². The van der Waals surface area contributed by atoms with Gasteiger partial charge in [-0.3, -0.25) is 9.36 Å². The summed E-state index contributed by atoms with van der Waals surface area (Å²) in [4.78, 5) is 0. The zero-order chi connectivity index (χ0) is 15.0. The Morgan fingerprint density at radius 2 is 1.70 bits per heavy atom. The van der Waals surface area contributed by atoms with E-state index in [1.54, 1.807) is 0 Å². The van der Waals surface area contributed by atoms with Crippen LogP contribution in [0.5, 0.6) is 0 Å². The Morgan fingerprint density at radius 3 is 2.15 bits per heavy atom. The lowest BCUT2D eigenvalue weighted by atomic mass is 10.1. The number of rotatable bonds is 4. The fourth-order valence-electron chi connectivity index (χ4n) is 2.92. The molecule has 0 bridgehead atoms. The topological polar surface area (TPSA) is 47.7 Å². The van der Waals surface area contributed by atoms with Crippen LogP contribution in [0.3, 0.4) is 0 Å². The lowest BCUT2D eigenvalue weighted by Crippen LogP contribution is -2.10. The van der Waals surface area contributed by atoms with Crippen LogP contribution >= 0.6 is 0 Å². The highest BCUT2D eigenvalue weighted by Crippen LogP contribution is 2.28. The van der Waals surface area contributed by atoms with Gasteiger partial charge in [0, 0.05) is 24.8 Å². The largest absolute Gasteiger partial charge is 0.375 e. The molecule has 2 aromatic heterocycles. The Morgan fingerprint density at radius 1 is 1.05 bits per heavy atom. The third-order valence-electron chi connectivity index (χ3n) is 4.04. The number of anilines is 1. The molecule has 0 radical (unpaired) electrons. The second-order valence-electron chi connectivity index (χ2n) is 5.44. The smallest absolute Gasteiger partial charge is 0.0828 e. The first-order chi connectivity index (χ1) is 9.36. The van der Waals surface area contributed by atoms with E-state index in [9.17, 15) is 0 Å². The summed E-state index contributed by atoms with van der Waals surface area (Å²) < 4.78 is 3.98. The first kappa shape index (κ1) is 14.6. The number of nitrogens with one attached hydrogen (secondary N) is 1. The number of nitrogens with zero attached hydrogens (tertiary/aromatic N) is 4. The number of aryl methyl sites for hydroxylation is 4. The molecular weight excluding hydrogens is 250 g/mol. The Labute approximate surface area is 121 Å². The molecule has 0 amide bonds. The van der Waals surface area contributed by atoms with Gasteiger partial charge in [-0.15, -0.1) is 0 Å². The molecule has 5 heteroatoms. The van der Waals surface area contributed by atoms with Crippen LogP contribution in [0.15, 0.2) is 0 Å². The van der Waals surface area contributed by atoms with Crippen molar-refractivity contribution in [2.45, 2.75) is 54.1 Å². The second kappa shape index (κ2) is 5.31. The van der Waals surface area contributed by atoms with Crippen LogP contribution in [0.25, 0.3) is 0 Å². The fraction of sp³-hybridized carbons (Fsp3) is 0.600. The van der Waals surface area contributed by atoms with Crippen molar-refractivity contribution in [1.82, 2.24) is 19.6 Å². The van der Waals surface area contributed by atoms with Gasteiger partial charge in [0.25, 0.3) is 0 Å². The van der Waals surface area contributed by atoms with Gasteiger partial charge >= 0.3 is 0 Å². The van der Waals surface area contributed by atoms with Crippen molar-refractivity contribution in [3.8, 4) is 0 Å². The van der Waals surface area contributed by atoms with E-state index in [1.807, 2.05) is 18.7 Å². The normalized spacial score (nSPS) is 12.8. The van der Waals surface area contributed by atoms with Gasteiger partial charge in [0.15, 0.2) is 0 Å². The molecule has 0 saturated heterocycles. The molecule has 0 spiro atoms. The average Bonchev–Trinajstić information content (AvgIpc) is 2.80. The van der Waals surface area contributed by atoms with E-state index in [2.05, 4.69) is 54.8 Å². The van der Waals surface area contributed by atoms with Crippen molar-refractivity contribution in [1.29, 1.82) is 0 Å². The summed E-state index contributed by atoms with van der Waals surface area (Å²) in [5.41, 5.74) is 6.95. The summed E-state index contributed by atoms with van der Waals surface area (Å²) >= 11 is 0. The van der Waals surface area contributed by atoms with E-state index < -0.39 is 0 Å². The molecule has 0 aliphatic rings. The fourth-order valence-corrected chi connectivity index (χ4v) is 2.92. The highest BCUT2D eigenvalue weighted by atomic mass is 15.3. The molecule has 1 atom stereocenters. The third-order valence-corrected chi connectivity index (χ3v) is 4.04. The van der Waals surface area contributed by atoms with Crippen molar-refractivity contribution in [3.05, 3.63) is 28.3 Å². The molecule has 0 aliphatic heterocycles. The highest BCUT2D eigenvalue weighted by Gasteiger charge is 2.19. The van der Waals surface area contributed by atoms with Gasteiger partial charge in [-0.2, -0.15) is 10.2 Å². The van der Waals surface area contributed by atoms with E-state index >= 15 is 0 Å². The van der Waals surface area contributed by atoms with Crippen LogP contribution in [0.1, 0.15) is 48.2 Å². The van der Waals surface area contributed by atoms with Gasteiger partial charge < -0.3 is 5.32 Å². The Kier molecular flexibility index (Phi) is 3.88. The predicted molar refractivity (Wildman–Crippen MR) is 82.1 cm³/mol. The summed E-state index contributed by atoms with van der Waals surface area (Å²) in [5.74, 6) is 0. The van der Waals surface area contributed by atoms with Gasteiger partial charge in [0.1, 0.15) is 0 Å². The lowest BCUT2D eigenvalue weighted by molar-refractivity contribution is 0.632. The van der Waals surface area contributed by atoms with E-state index in [1.165, 1.54) is 11.3 Å². The molecule has 1 N–H and O–H groups in total. The first-order valence-electron chi connectivity index (χ1n) is 7.17. The molecule has 2 rings (SSSR count). The Bertz CT molecular complexity index is 621. The molecule has 0 aromatic carbocycles. The standard InChI is InChI=1S/C15H25N5/c1-8-20-12(5)14(10(3)18-20)9(2)16-15-11(4)17-19(7)13(15)6/h9,16H,8H2,1-7H3. The zero-order valence-electron chi connectivity index (χ0n) is 13.6. The van der Waals surface area contributed by atoms with Gasteiger partial charge in [-0.1, -0.05) is 0 Å². The van der Waals surface area contributed by atoms with Crippen molar-refractivity contribution < 1.29 is 0 Å². The van der Waals surface area contributed by atoms with Crippen LogP contribution in [0, 0.1) is 27.7 Å². The molecule has 1 unspecified atom stereocenters. The third kappa shape index (κ3) is 2.32. The summed E-state index contributed by atoms with van der Waals surface area (Å²) in [6, 6.07) is 0.219. The minimum absolute atomic E-state index is 0.219. The summed E-state index contributed by atoms with van der Waals surface area (Å²) in [6.45, 7) is 13.6. The maximum absolute atomic E-state index is 4.60. The summed E-state index contributed by atoms with van der Waals surface area (Å²) in [5, 5.41) is 12.7. The predicted octanol–water partition coefficient (Wildman–Crippen LogP) is 3.04. The van der Waals surface area contributed by atoms with Crippen LogP contribution < -0.4 is 5.32 Å². The van der Waals surface area contributed by atoms with Crippen molar-refractivity contribution in [2.75, 3.05) is 5.32 Å². The molecule has 2 aromatic rings. The number of aromatic nitrogens is 4. The van der Waals surface area contributed by atoms with Crippen LogP contribution in [0.4, 0.5) is 5.69 Å². The molecule has 0 saturated carbocycles.